The van der Waals surface area contributed by atoms with Gasteiger partial charge in [0, 0.05) is 0 Å². The SMILES string of the molecule is O=C(O)CC(=O)O.c1ccc(Oc2ccccc2)cc1. The van der Waals surface area contributed by atoms with Crippen molar-refractivity contribution in [2.75, 3.05) is 0 Å². The van der Waals surface area contributed by atoms with Gasteiger partial charge >= 0.3 is 11.9 Å². The molecule has 0 fully saturated rings. The van der Waals surface area contributed by atoms with E-state index in [9.17, 15) is 9.59 Å². The van der Waals surface area contributed by atoms with Crippen molar-refractivity contribution >= 4 is 11.9 Å². The number of hydrogen-bond donors (Lipinski definition) is 2. The van der Waals surface area contributed by atoms with Crippen LogP contribution in [-0.2, 0) is 9.59 Å². The van der Waals surface area contributed by atoms with E-state index in [0.29, 0.717) is 0 Å². The summed E-state index contributed by atoms with van der Waals surface area (Å²) >= 11 is 0. The monoisotopic (exact) mass is 274 g/mol. The van der Waals surface area contributed by atoms with Crippen LogP contribution in [0.15, 0.2) is 60.7 Å². The number of carboxylic acid groups (broad SMARTS) is 2. The van der Waals surface area contributed by atoms with Crippen molar-refractivity contribution in [3.8, 4) is 11.5 Å². The van der Waals surface area contributed by atoms with Crippen LogP contribution in [0.5, 0.6) is 11.5 Å². The smallest absolute Gasteiger partial charge is 0.314 e. The van der Waals surface area contributed by atoms with E-state index in [1.807, 2.05) is 60.7 Å². The van der Waals surface area contributed by atoms with E-state index >= 15 is 0 Å². The van der Waals surface area contributed by atoms with E-state index < -0.39 is 18.4 Å². The molecule has 5 heteroatoms. The van der Waals surface area contributed by atoms with Crippen LogP contribution in [0.1, 0.15) is 6.42 Å². The molecule has 0 heterocycles. The molecule has 2 aromatic carbocycles. The van der Waals surface area contributed by atoms with Gasteiger partial charge in [0.2, 0.25) is 0 Å². The number of ether oxygens (including phenoxy) is 1. The molecular formula is C15H14O5. The van der Waals surface area contributed by atoms with Crippen molar-refractivity contribution in [3.05, 3.63) is 60.7 Å². The number of para-hydroxylation sites is 2. The first kappa shape index (κ1) is 15.2. The molecule has 2 rings (SSSR count). The summed E-state index contributed by atoms with van der Waals surface area (Å²) < 4.78 is 5.58. The molecule has 0 spiro atoms. The van der Waals surface area contributed by atoms with Gasteiger partial charge in [-0.05, 0) is 24.3 Å². The average Bonchev–Trinajstić information content (AvgIpc) is 2.40. The van der Waals surface area contributed by atoms with E-state index in [1.54, 1.807) is 0 Å². The second-order valence-electron chi connectivity index (χ2n) is 3.69. The molecular weight excluding hydrogens is 260 g/mol. The van der Waals surface area contributed by atoms with Gasteiger partial charge in [0.15, 0.2) is 0 Å². The van der Waals surface area contributed by atoms with Gasteiger partial charge in [0.1, 0.15) is 17.9 Å². The maximum absolute atomic E-state index is 9.43. The Morgan fingerprint density at radius 2 is 1.10 bits per heavy atom. The fourth-order valence-corrected chi connectivity index (χ4v) is 1.24. The average molecular weight is 274 g/mol. The lowest BCUT2D eigenvalue weighted by Gasteiger charge is -2.03. The Balaban J connectivity index is 0.000000246. The Morgan fingerprint density at radius 1 is 0.750 bits per heavy atom. The molecule has 0 bridgehead atoms. The summed E-state index contributed by atoms with van der Waals surface area (Å²) in [6, 6.07) is 19.5. The van der Waals surface area contributed by atoms with Crippen molar-refractivity contribution < 1.29 is 24.5 Å². The lowest BCUT2D eigenvalue weighted by molar-refractivity contribution is -0.147. The maximum Gasteiger partial charge on any atom is 0.314 e. The second-order valence-corrected chi connectivity index (χ2v) is 3.69. The molecule has 0 atom stereocenters. The third-order valence-corrected chi connectivity index (χ3v) is 2.02. The number of rotatable bonds is 4. The van der Waals surface area contributed by atoms with Gasteiger partial charge in [-0.15, -0.1) is 0 Å². The van der Waals surface area contributed by atoms with E-state index in [-0.39, 0.29) is 0 Å². The Hall–Kier alpha value is -2.82. The highest BCUT2D eigenvalue weighted by molar-refractivity contribution is 5.88. The predicted molar refractivity (Wildman–Crippen MR) is 72.8 cm³/mol. The highest BCUT2D eigenvalue weighted by Crippen LogP contribution is 2.19. The highest BCUT2D eigenvalue weighted by atomic mass is 16.5. The first-order valence-corrected chi connectivity index (χ1v) is 5.79. The van der Waals surface area contributed by atoms with Crippen LogP contribution in [0.3, 0.4) is 0 Å². The molecule has 0 radical (unpaired) electrons. The largest absolute Gasteiger partial charge is 0.481 e. The van der Waals surface area contributed by atoms with Crippen LogP contribution in [-0.4, -0.2) is 22.2 Å². The van der Waals surface area contributed by atoms with Crippen LogP contribution in [0.2, 0.25) is 0 Å². The number of benzene rings is 2. The molecule has 2 aromatic rings. The van der Waals surface area contributed by atoms with Gasteiger partial charge in [0.25, 0.3) is 0 Å². The number of carboxylic acids is 2. The van der Waals surface area contributed by atoms with Crippen molar-refractivity contribution in [3.63, 3.8) is 0 Å². The summed E-state index contributed by atoms with van der Waals surface area (Å²) in [5.41, 5.74) is 0. The maximum atomic E-state index is 9.43. The Kier molecular flexibility index (Phi) is 6.33. The minimum Gasteiger partial charge on any atom is -0.481 e. The summed E-state index contributed by atoms with van der Waals surface area (Å²) in [5, 5.41) is 15.4. The normalized spacial score (nSPS) is 9.00. The first-order valence-electron chi connectivity index (χ1n) is 5.79. The van der Waals surface area contributed by atoms with E-state index in [4.69, 9.17) is 14.9 Å². The van der Waals surface area contributed by atoms with Crippen LogP contribution in [0.25, 0.3) is 0 Å². The molecule has 5 nitrogen and oxygen atoms in total. The van der Waals surface area contributed by atoms with Crippen LogP contribution in [0, 0.1) is 0 Å². The molecule has 0 aliphatic heterocycles. The summed E-state index contributed by atoms with van der Waals surface area (Å²) in [5.74, 6) is -0.887. The number of carbonyl (C=O) groups is 2. The molecule has 2 N–H and O–H groups in total. The molecule has 0 aliphatic rings. The van der Waals surface area contributed by atoms with E-state index in [0.717, 1.165) is 11.5 Å². The lowest BCUT2D eigenvalue weighted by Crippen LogP contribution is -2.03. The van der Waals surface area contributed by atoms with Crippen molar-refractivity contribution in [2.45, 2.75) is 6.42 Å². The zero-order valence-corrected chi connectivity index (χ0v) is 10.6. The number of hydrogen-bond acceptors (Lipinski definition) is 3. The Morgan fingerprint density at radius 3 is 1.35 bits per heavy atom. The van der Waals surface area contributed by atoms with E-state index in [2.05, 4.69) is 0 Å². The molecule has 104 valence electrons. The van der Waals surface area contributed by atoms with Crippen LogP contribution >= 0.6 is 0 Å². The summed E-state index contributed by atoms with van der Waals surface area (Å²) in [6.45, 7) is 0. The minimum absolute atomic E-state index is 0.806. The molecule has 20 heavy (non-hydrogen) atoms. The fraction of sp³-hybridized carbons (Fsp3) is 0.0667. The van der Waals surface area contributed by atoms with E-state index in [1.165, 1.54) is 0 Å². The first-order chi connectivity index (χ1) is 9.58. The predicted octanol–water partition coefficient (Wildman–Crippen LogP) is 3.02. The molecule has 0 aromatic heterocycles. The molecule has 0 unspecified atom stereocenters. The second kappa shape index (κ2) is 8.31. The summed E-state index contributed by atoms with van der Waals surface area (Å²) in [6.07, 6.45) is -0.806. The third kappa shape index (κ3) is 6.80. The summed E-state index contributed by atoms with van der Waals surface area (Å²) in [7, 11) is 0. The fourth-order valence-electron chi connectivity index (χ4n) is 1.24. The zero-order chi connectivity index (χ0) is 14.8. The Bertz CT molecular complexity index is 487. The van der Waals surface area contributed by atoms with Crippen LogP contribution < -0.4 is 4.74 Å². The molecule has 0 saturated heterocycles. The van der Waals surface area contributed by atoms with Crippen molar-refractivity contribution in [1.29, 1.82) is 0 Å². The van der Waals surface area contributed by atoms with Crippen molar-refractivity contribution in [1.82, 2.24) is 0 Å². The van der Waals surface area contributed by atoms with Gasteiger partial charge in [-0.2, -0.15) is 0 Å². The Labute approximate surface area is 116 Å². The summed E-state index contributed by atoms with van der Waals surface area (Å²) in [4.78, 5) is 18.9. The minimum atomic E-state index is -1.31. The zero-order valence-electron chi connectivity index (χ0n) is 10.6. The lowest BCUT2D eigenvalue weighted by atomic mass is 10.3. The van der Waals surface area contributed by atoms with Crippen LogP contribution in [0.4, 0.5) is 0 Å². The number of aliphatic carboxylic acids is 2. The third-order valence-electron chi connectivity index (χ3n) is 2.02. The highest BCUT2D eigenvalue weighted by Gasteiger charge is 2.01. The molecule has 0 aliphatic carbocycles. The van der Waals surface area contributed by atoms with Gasteiger partial charge in [-0.3, -0.25) is 9.59 Å². The van der Waals surface area contributed by atoms with Gasteiger partial charge < -0.3 is 14.9 Å². The molecule has 0 amide bonds. The quantitative estimate of drug-likeness (QED) is 0.837. The van der Waals surface area contributed by atoms with Crippen molar-refractivity contribution in [2.24, 2.45) is 0 Å². The standard InChI is InChI=1S/C12H10O.C3H4O4/c1-3-7-11(8-4-1)13-12-9-5-2-6-10-12;4-2(5)1-3(6)7/h1-10H;1H2,(H,4,5)(H,6,7). The topological polar surface area (TPSA) is 83.8 Å². The van der Waals surface area contributed by atoms with Gasteiger partial charge in [-0.25, -0.2) is 0 Å². The van der Waals surface area contributed by atoms with Gasteiger partial charge in [-0.1, -0.05) is 36.4 Å². The molecule has 0 saturated carbocycles. The van der Waals surface area contributed by atoms with Gasteiger partial charge in [0.05, 0.1) is 0 Å².